The molecular formula is C20H24N2O3. The van der Waals surface area contributed by atoms with Gasteiger partial charge in [0.15, 0.2) is 0 Å². The zero-order valence-electron chi connectivity index (χ0n) is 14.5. The van der Waals surface area contributed by atoms with E-state index < -0.39 is 0 Å². The SMILES string of the molecule is Cc1cccc(COc2ccc(CN3CCOCC3C(N)=O)cc2)c1. The first-order valence-corrected chi connectivity index (χ1v) is 8.50. The van der Waals surface area contributed by atoms with Crippen molar-refractivity contribution < 1.29 is 14.3 Å². The van der Waals surface area contributed by atoms with Crippen molar-refractivity contribution in [3.05, 3.63) is 65.2 Å². The average Bonchev–Trinajstić information content (AvgIpc) is 2.61. The molecule has 1 atom stereocenters. The fraction of sp³-hybridized carbons (Fsp3) is 0.350. The van der Waals surface area contributed by atoms with Crippen molar-refractivity contribution in [3.8, 4) is 5.75 Å². The highest BCUT2D eigenvalue weighted by molar-refractivity contribution is 5.80. The number of primary amides is 1. The van der Waals surface area contributed by atoms with Crippen LogP contribution < -0.4 is 10.5 Å². The van der Waals surface area contributed by atoms with Crippen LogP contribution in [0.1, 0.15) is 16.7 Å². The molecule has 2 N–H and O–H groups in total. The lowest BCUT2D eigenvalue weighted by Gasteiger charge is -2.33. The quantitative estimate of drug-likeness (QED) is 0.876. The molecule has 1 aliphatic rings. The molecule has 1 saturated heterocycles. The van der Waals surface area contributed by atoms with Crippen molar-refractivity contribution in [1.29, 1.82) is 0 Å². The first-order chi connectivity index (χ1) is 12.1. The molecule has 1 fully saturated rings. The van der Waals surface area contributed by atoms with Gasteiger partial charge >= 0.3 is 0 Å². The molecule has 3 rings (SSSR count). The van der Waals surface area contributed by atoms with Crippen LogP contribution in [0.3, 0.4) is 0 Å². The lowest BCUT2D eigenvalue weighted by atomic mass is 10.1. The summed E-state index contributed by atoms with van der Waals surface area (Å²) in [4.78, 5) is 13.6. The largest absolute Gasteiger partial charge is 0.489 e. The number of nitrogens with two attached hydrogens (primary N) is 1. The third-order valence-electron chi connectivity index (χ3n) is 4.36. The molecule has 1 heterocycles. The maximum absolute atomic E-state index is 11.5. The Morgan fingerprint density at radius 3 is 2.76 bits per heavy atom. The monoisotopic (exact) mass is 340 g/mol. The van der Waals surface area contributed by atoms with E-state index >= 15 is 0 Å². The maximum Gasteiger partial charge on any atom is 0.237 e. The van der Waals surface area contributed by atoms with Gasteiger partial charge in [-0.2, -0.15) is 0 Å². The van der Waals surface area contributed by atoms with Crippen molar-refractivity contribution in [2.45, 2.75) is 26.1 Å². The summed E-state index contributed by atoms with van der Waals surface area (Å²) in [5, 5.41) is 0. The molecule has 132 valence electrons. The summed E-state index contributed by atoms with van der Waals surface area (Å²) in [5.74, 6) is 0.497. The second-order valence-corrected chi connectivity index (χ2v) is 6.39. The molecule has 0 saturated carbocycles. The summed E-state index contributed by atoms with van der Waals surface area (Å²) in [6, 6.07) is 15.9. The third kappa shape index (κ3) is 4.81. The number of ether oxygens (including phenoxy) is 2. The van der Waals surface area contributed by atoms with Gasteiger partial charge in [-0.15, -0.1) is 0 Å². The van der Waals surface area contributed by atoms with Crippen molar-refractivity contribution >= 4 is 5.91 Å². The van der Waals surface area contributed by atoms with Gasteiger partial charge < -0.3 is 15.2 Å². The zero-order chi connectivity index (χ0) is 17.6. The highest BCUT2D eigenvalue weighted by atomic mass is 16.5. The second kappa shape index (κ2) is 8.14. The lowest BCUT2D eigenvalue weighted by Crippen LogP contribution is -2.51. The van der Waals surface area contributed by atoms with Gasteiger partial charge in [0.05, 0.1) is 13.2 Å². The average molecular weight is 340 g/mol. The van der Waals surface area contributed by atoms with Crippen LogP contribution in [0, 0.1) is 6.92 Å². The Hall–Kier alpha value is -2.37. The van der Waals surface area contributed by atoms with Crippen LogP contribution in [0.2, 0.25) is 0 Å². The van der Waals surface area contributed by atoms with Crippen LogP contribution in [0.15, 0.2) is 48.5 Å². The molecule has 5 heteroatoms. The Labute approximate surface area is 148 Å². The second-order valence-electron chi connectivity index (χ2n) is 6.39. The predicted molar refractivity (Wildman–Crippen MR) is 96.2 cm³/mol. The molecule has 5 nitrogen and oxygen atoms in total. The van der Waals surface area contributed by atoms with Gasteiger partial charge in [0.2, 0.25) is 5.91 Å². The Morgan fingerprint density at radius 2 is 2.04 bits per heavy atom. The van der Waals surface area contributed by atoms with Crippen molar-refractivity contribution in [2.24, 2.45) is 5.73 Å². The molecule has 2 aromatic rings. The molecule has 0 spiro atoms. The summed E-state index contributed by atoms with van der Waals surface area (Å²) < 4.78 is 11.2. The van der Waals surface area contributed by atoms with Gasteiger partial charge in [-0.1, -0.05) is 42.0 Å². The van der Waals surface area contributed by atoms with E-state index in [9.17, 15) is 4.79 Å². The number of benzene rings is 2. The summed E-state index contributed by atoms with van der Waals surface area (Å²) in [5.41, 5.74) is 8.96. The smallest absolute Gasteiger partial charge is 0.237 e. The van der Waals surface area contributed by atoms with Crippen LogP contribution in [0.25, 0.3) is 0 Å². The van der Waals surface area contributed by atoms with Crippen molar-refractivity contribution in [1.82, 2.24) is 4.90 Å². The summed E-state index contributed by atoms with van der Waals surface area (Å²) in [6.45, 7) is 5.00. The normalized spacial score (nSPS) is 18.0. The topological polar surface area (TPSA) is 64.8 Å². The minimum absolute atomic E-state index is 0.335. The van der Waals surface area contributed by atoms with E-state index in [1.54, 1.807) is 0 Å². The molecule has 0 bridgehead atoms. The molecule has 0 radical (unpaired) electrons. The first kappa shape index (κ1) is 17.5. The van der Waals surface area contributed by atoms with Gasteiger partial charge in [0.25, 0.3) is 0 Å². The number of morpholine rings is 1. The predicted octanol–water partition coefficient (Wildman–Crippen LogP) is 2.26. The molecule has 0 aromatic heterocycles. The minimum Gasteiger partial charge on any atom is -0.489 e. The summed E-state index contributed by atoms with van der Waals surface area (Å²) in [7, 11) is 0. The summed E-state index contributed by atoms with van der Waals surface area (Å²) in [6.07, 6.45) is 0. The fourth-order valence-electron chi connectivity index (χ4n) is 2.98. The van der Waals surface area contributed by atoms with E-state index in [4.69, 9.17) is 15.2 Å². The van der Waals surface area contributed by atoms with Crippen LogP contribution in [-0.4, -0.2) is 36.6 Å². The standard InChI is InChI=1S/C20H24N2O3/c1-15-3-2-4-17(11-15)13-25-18-7-5-16(6-8-18)12-22-9-10-24-14-19(22)20(21)23/h2-8,11,19H,9-10,12-14H2,1H3,(H2,21,23). The Kier molecular flexibility index (Phi) is 5.68. The van der Waals surface area contributed by atoms with Gasteiger partial charge in [0.1, 0.15) is 18.4 Å². The highest BCUT2D eigenvalue weighted by Gasteiger charge is 2.27. The molecule has 2 aromatic carbocycles. The lowest BCUT2D eigenvalue weighted by molar-refractivity contribution is -0.129. The van der Waals surface area contributed by atoms with E-state index in [1.165, 1.54) is 5.56 Å². The van der Waals surface area contributed by atoms with E-state index in [-0.39, 0.29) is 11.9 Å². The number of hydrogen-bond donors (Lipinski definition) is 1. The van der Waals surface area contributed by atoms with Crippen LogP contribution in [0.4, 0.5) is 0 Å². The minimum atomic E-state index is -0.356. The molecule has 1 aliphatic heterocycles. The fourth-order valence-corrected chi connectivity index (χ4v) is 2.98. The number of hydrogen-bond acceptors (Lipinski definition) is 4. The van der Waals surface area contributed by atoms with Gasteiger partial charge in [0, 0.05) is 13.1 Å². The van der Waals surface area contributed by atoms with Crippen molar-refractivity contribution in [3.63, 3.8) is 0 Å². The molecular weight excluding hydrogens is 316 g/mol. The number of nitrogens with zero attached hydrogens (tertiary/aromatic N) is 1. The molecule has 1 unspecified atom stereocenters. The number of amides is 1. The van der Waals surface area contributed by atoms with Gasteiger partial charge in [-0.3, -0.25) is 9.69 Å². The van der Waals surface area contributed by atoms with Crippen LogP contribution in [0.5, 0.6) is 5.75 Å². The Bertz CT molecular complexity index is 715. The Morgan fingerprint density at radius 1 is 1.24 bits per heavy atom. The first-order valence-electron chi connectivity index (χ1n) is 8.50. The van der Waals surface area contributed by atoms with Gasteiger partial charge in [-0.05, 0) is 30.2 Å². The summed E-state index contributed by atoms with van der Waals surface area (Å²) >= 11 is 0. The van der Waals surface area contributed by atoms with Crippen LogP contribution in [-0.2, 0) is 22.7 Å². The molecule has 1 amide bonds. The maximum atomic E-state index is 11.5. The highest BCUT2D eigenvalue weighted by Crippen LogP contribution is 2.18. The number of carbonyl (C=O) groups is 1. The van der Waals surface area contributed by atoms with E-state index in [1.807, 2.05) is 30.3 Å². The number of rotatable bonds is 6. The van der Waals surface area contributed by atoms with Crippen molar-refractivity contribution in [2.75, 3.05) is 19.8 Å². The van der Waals surface area contributed by atoms with E-state index in [2.05, 4.69) is 30.0 Å². The van der Waals surface area contributed by atoms with Gasteiger partial charge in [-0.25, -0.2) is 0 Å². The number of carbonyl (C=O) groups excluding carboxylic acids is 1. The third-order valence-corrected chi connectivity index (χ3v) is 4.36. The molecule has 25 heavy (non-hydrogen) atoms. The molecule has 0 aliphatic carbocycles. The Balaban J connectivity index is 1.57. The van der Waals surface area contributed by atoms with E-state index in [0.717, 1.165) is 16.9 Å². The number of aryl methyl sites for hydroxylation is 1. The van der Waals surface area contributed by atoms with Crippen LogP contribution >= 0.6 is 0 Å². The zero-order valence-corrected chi connectivity index (χ0v) is 14.5. The van der Waals surface area contributed by atoms with E-state index in [0.29, 0.717) is 32.9 Å².